The van der Waals surface area contributed by atoms with Crippen LogP contribution in [0, 0.1) is 12.7 Å². The normalized spacial score (nSPS) is 10.0. The van der Waals surface area contributed by atoms with Gasteiger partial charge in [-0.05, 0) is 36.8 Å². The van der Waals surface area contributed by atoms with Crippen molar-refractivity contribution in [3.05, 3.63) is 59.7 Å². The van der Waals surface area contributed by atoms with Crippen molar-refractivity contribution in [1.82, 2.24) is 10.3 Å². The number of aromatic nitrogens is 1. The minimum Gasteiger partial charge on any atom is -0.334 e. The lowest BCUT2D eigenvalue weighted by atomic mass is 10.2. The number of pyridine rings is 1. The summed E-state index contributed by atoms with van der Waals surface area (Å²) in [5.74, 6) is -0.291. The lowest BCUT2D eigenvalue weighted by molar-refractivity contribution is 0.251. The Labute approximate surface area is 110 Å². The molecule has 0 saturated carbocycles. The molecule has 0 atom stereocenters. The molecular weight excluding hydrogens is 245 g/mol. The Morgan fingerprint density at radius 3 is 2.68 bits per heavy atom. The second-order valence-electron chi connectivity index (χ2n) is 4.12. The first-order valence-corrected chi connectivity index (χ1v) is 5.85. The maximum Gasteiger partial charge on any atom is 0.319 e. The molecule has 2 amide bonds. The Morgan fingerprint density at radius 1 is 1.26 bits per heavy atom. The fourth-order valence-corrected chi connectivity index (χ4v) is 1.58. The molecule has 0 bridgehead atoms. The highest BCUT2D eigenvalue weighted by Crippen LogP contribution is 2.07. The molecule has 4 nitrogen and oxygen atoms in total. The highest BCUT2D eigenvalue weighted by molar-refractivity contribution is 5.89. The van der Waals surface area contributed by atoms with Crippen LogP contribution in [0.1, 0.15) is 11.3 Å². The molecule has 5 heteroatoms. The van der Waals surface area contributed by atoms with Crippen molar-refractivity contribution in [3.8, 4) is 0 Å². The molecule has 0 aliphatic carbocycles. The summed E-state index contributed by atoms with van der Waals surface area (Å²) in [6, 6.07) is 9.16. The van der Waals surface area contributed by atoms with Gasteiger partial charge in [0.1, 0.15) is 5.82 Å². The van der Waals surface area contributed by atoms with Crippen LogP contribution in [0.2, 0.25) is 0 Å². The first-order valence-electron chi connectivity index (χ1n) is 5.85. The van der Waals surface area contributed by atoms with Gasteiger partial charge in [-0.2, -0.15) is 0 Å². The van der Waals surface area contributed by atoms with Crippen molar-refractivity contribution in [3.63, 3.8) is 0 Å². The second-order valence-corrected chi connectivity index (χ2v) is 4.12. The molecule has 0 spiro atoms. The predicted octanol–water partition coefficient (Wildman–Crippen LogP) is 2.85. The number of anilines is 1. The Kier molecular flexibility index (Phi) is 4.07. The van der Waals surface area contributed by atoms with E-state index in [1.54, 1.807) is 30.5 Å². The van der Waals surface area contributed by atoms with Gasteiger partial charge >= 0.3 is 6.03 Å². The molecule has 1 heterocycles. The van der Waals surface area contributed by atoms with Gasteiger partial charge in [0.2, 0.25) is 0 Å². The molecule has 98 valence electrons. The summed E-state index contributed by atoms with van der Waals surface area (Å²) in [7, 11) is 0. The van der Waals surface area contributed by atoms with Crippen LogP contribution in [-0.2, 0) is 6.54 Å². The second kappa shape index (κ2) is 5.95. The number of carbonyl (C=O) groups is 1. The maximum absolute atomic E-state index is 12.7. The van der Waals surface area contributed by atoms with E-state index in [9.17, 15) is 9.18 Å². The minimum atomic E-state index is -0.310. The zero-order valence-electron chi connectivity index (χ0n) is 10.5. The Hall–Kier alpha value is -2.43. The van der Waals surface area contributed by atoms with Crippen molar-refractivity contribution in [1.29, 1.82) is 0 Å². The number of hydrogen-bond acceptors (Lipinski definition) is 2. The van der Waals surface area contributed by atoms with Gasteiger partial charge in [0, 0.05) is 24.1 Å². The Morgan fingerprint density at radius 2 is 2.00 bits per heavy atom. The number of amides is 2. The van der Waals surface area contributed by atoms with Crippen LogP contribution < -0.4 is 10.6 Å². The van der Waals surface area contributed by atoms with Crippen LogP contribution in [0.15, 0.2) is 42.6 Å². The number of aryl methyl sites for hydroxylation is 1. The van der Waals surface area contributed by atoms with E-state index in [0.29, 0.717) is 12.2 Å². The minimum absolute atomic E-state index is 0.291. The van der Waals surface area contributed by atoms with Crippen LogP contribution >= 0.6 is 0 Å². The van der Waals surface area contributed by atoms with E-state index in [4.69, 9.17) is 0 Å². The standard InChI is InChI=1S/C14H14FN3O/c1-10-8-13(6-7-16-10)18-14(19)17-9-11-2-4-12(15)5-3-11/h2-8H,9H2,1H3,(H2,16,17,18,19). The third-order valence-corrected chi connectivity index (χ3v) is 2.52. The topological polar surface area (TPSA) is 54.0 Å². The van der Waals surface area contributed by atoms with Gasteiger partial charge in [-0.1, -0.05) is 12.1 Å². The fourth-order valence-electron chi connectivity index (χ4n) is 1.58. The van der Waals surface area contributed by atoms with Crippen LogP contribution in [0.5, 0.6) is 0 Å². The molecule has 1 aromatic heterocycles. The van der Waals surface area contributed by atoms with Crippen molar-refractivity contribution in [2.24, 2.45) is 0 Å². The van der Waals surface area contributed by atoms with Gasteiger partial charge in [-0.15, -0.1) is 0 Å². The smallest absolute Gasteiger partial charge is 0.319 e. The highest BCUT2D eigenvalue weighted by Gasteiger charge is 2.02. The first kappa shape index (κ1) is 13.0. The summed E-state index contributed by atoms with van der Waals surface area (Å²) in [4.78, 5) is 15.7. The Balaban J connectivity index is 1.86. The largest absolute Gasteiger partial charge is 0.334 e. The molecule has 19 heavy (non-hydrogen) atoms. The lowest BCUT2D eigenvalue weighted by Crippen LogP contribution is -2.28. The van der Waals surface area contributed by atoms with E-state index in [-0.39, 0.29) is 11.8 Å². The van der Waals surface area contributed by atoms with Gasteiger partial charge in [-0.3, -0.25) is 4.98 Å². The third-order valence-electron chi connectivity index (χ3n) is 2.52. The van der Waals surface area contributed by atoms with E-state index < -0.39 is 0 Å². The number of halogens is 1. The zero-order chi connectivity index (χ0) is 13.7. The van der Waals surface area contributed by atoms with Crippen LogP contribution in [0.25, 0.3) is 0 Å². The summed E-state index contributed by atoms with van der Waals surface area (Å²) in [6.45, 7) is 2.19. The molecule has 0 aliphatic rings. The SMILES string of the molecule is Cc1cc(NC(=O)NCc2ccc(F)cc2)ccn1. The lowest BCUT2D eigenvalue weighted by Gasteiger charge is -2.08. The van der Waals surface area contributed by atoms with Crippen molar-refractivity contribution >= 4 is 11.7 Å². The molecule has 0 fully saturated rings. The molecule has 2 aromatic rings. The fraction of sp³-hybridized carbons (Fsp3) is 0.143. The van der Waals surface area contributed by atoms with Gasteiger partial charge in [-0.25, -0.2) is 9.18 Å². The van der Waals surface area contributed by atoms with Crippen LogP contribution in [0.3, 0.4) is 0 Å². The van der Waals surface area contributed by atoms with Gasteiger partial charge in [0.25, 0.3) is 0 Å². The van der Waals surface area contributed by atoms with E-state index in [1.165, 1.54) is 12.1 Å². The van der Waals surface area contributed by atoms with E-state index in [2.05, 4.69) is 15.6 Å². The van der Waals surface area contributed by atoms with E-state index >= 15 is 0 Å². The maximum atomic E-state index is 12.7. The number of nitrogens with one attached hydrogen (secondary N) is 2. The third kappa shape index (κ3) is 4.06. The highest BCUT2D eigenvalue weighted by atomic mass is 19.1. The Bertz CT molecular complexity index is 569. The number of hydrogen-bond donors (Lipinski definition) is 2. The molecule has 2 rings (SSSR count). The summed E-state index contributed by atoms with van der Waals surface area (Å²) < 4.78 is 12.7. The average molecular weight is 259 g/mol. The predicted molar refractivity (Wildman–Crippen MR) is 71.2 cm³/mol. The van der Waals surface area contributed by atoms with E-state index in [0.717, 1.165) is 11.3 Å². The number of rotatable bonds is 3. The number of nitrogens with zero attached hydrogens (tertiary/aromatic N) is 1. The quantitative estimate of drug-likeness (QED) is 0.890. The zero-order valence-corrected chi connectivity index (χ0v) is 10.5. The number of carbonyl (C=O) groups excluding carboxylic acids is 1. The van der Waals surface area contributed by atoms with Crippen molar-refractivity contribution < 1.29 is 9.18 Å². The number of urea groups is 1. The number of benzene rings is 1. The van der Waals surface area contributed by atoms with Crippen LogP contribution in [0.4, 0.5) is 14.9 Å². The average Bonchev–Trinajstić information content (AvgIpc) is 2.38. The monoisotopic (exact) mass is 259 g/mol. The van der Waals surface area contributed by atoms with Gasteiger partial charge in [0.05, 0.1) is 0 Å². The summed E-state index contributed by atoms with van der Waals surface area (Å²) in [5.41, 5.74) is 2.35. The molecular formula is C14H14FN3O. The molecule has 1 aromatic carbocycles. The summed E-state index contributed by atoms with van der Waals surface area (Å²) >= 11 is 0. The summed E-state index contributed by atoms with van der Waals surface area (Å²) in [5, 5.41) is 5.39. The first-order chi connectivity index (χ1) is 9.13. The summed E-state index contributed by atoms with van der Waals surface area (Å²) in [6.07, 6.45) is 1.63. The van der Waals surface area contributed by atoms with Crippen molar-refractivity contribution in [2.45, 2.75) is 13.5 Å². The van der Waals surface area contributed by atoms with E-state index in [1.807, 2.05) is 6.92 Å². The van der Waals surface area contributed by atoms with Gasteiger partial charge < -0.3 is 10.6 Å². The van der Waals surface area contributed by atoms with Crippen molar-refractivity contribution in [2.75, 3.05) is 5.32 Å². The van der Waals surface area contributed by atoms with Gasteiger partial charge in [0.15, 0.2) is 0 Å². The molecule has 0 radical (unpaired) electrons. The molecule has 0 unspecified atom stereocenters. The molecule has 0 saturated heterocycles. The molecule has 0 aliphatic heterocycles. The van der Waals surface area contributed by atoms with Crippen LogP contribution in [-0.4, -0.2) is 11.0 Å². The molecule has 2 N–H and O–H groups in total.